The molecule has 5 rings (SSSR count). The quantitative estimate of drug-likeness (QED) is 0.133. The van der Waals surface area contributed by atoms with E-state index in [4.69, 9.17) is 18.9 Å². The third kappa shape index (κ3) is 5.59. The number of nitro benzene ring substituents is 1. The first-order chi connectivity index (χ1) is 20.2. The van der Waals surface area contributed by atoms with E-state index in [-0.39, 0.29) is 17.9 Å². The molecule has 0 fully saturated rings. The van der Waals surface area contributed by atoms with Gasteiger partial charge in [0, 0.05) is 33.8 Å². The van der Waals surface area contributed by atoms with Crippen LogP contribution in [0, 0.1) is 10.1 Å². The lowest BCUT2D eigenvalue weighted by molar-refractivity contribution is -0.384. The lowest BCUT2D eigenvalue weighted by atomic mass is 9.93. The van der Waals surface area contributed by atoms with Crippen molar-refractivity contribution in [3.05, 3.63) is 111 Å². The first-order valence-corrected chi connectivity index (χ1v) is 14.8. The van der Waals surface area contributed by atoms with Crippen molar-refractivity contribution >= 4 is 45.0 Å². The van der Waals surface area contributed by atoms with Gasteiger partial charge in [0.05, 0.1) is 34.4 Å². The Kier molecular flexibility index (Phi) is 8.55. The van der Waals surface area contributed by atoms with Crippen molar-refractivity contribution in [2.45, 2.75) is 32.7 Å². The van der Waals surface area contributed by atoms with E-state index in [1.807, 2.05) is 19.1 Å². The topological polar surface area (TPSA) is 126 Å². The summed E-state index contributed by atoms with van der Waals surface area (Å²) in [4.78, 5) is 43.3. The number of aromatic nitrogens is 1. The molecule has 216 valence electrons. The van der Waals surface area contributed by atoms with E-state index >= 15 is 0 Å². The van der Waals surface area contributed by atoms with Gasteiger partial charge in [0.25, 0.3) is 11.2 Å². The third-order valence-corrected chi connectivity index (χ3v) is 8.10. The SMILES string of the molecule is CCCC1=C(C(=O)OCC)[C@H](c2cc(Br)ccc2OC)n2c(s/c(=C/c3ccc(-c4cccc([N+](=O)[O-])c4)o3)c2=O)=N1. The van der Waals surface area contributed by atoms with Crippen LogP contribution in [0.25, 0.3) is 17.4 Å². The molecule has 3 heterocycles. The standard InChI is InChI=1S/C30H26BrN3O7S/c1-4-7-22-26(29(36)40-5-2)27(21-15-18(31)10-12-24(21)39-3)33-28(35)25(42-30(33)32-22)16-20-11-13-23(41-20)17-8-6-9-19(14-17)34(37)38/h6,8-16,27H,4-5,7H2,1-3H3/b25-16+/t27-/m0/s1. The van der Waals surface area contributed by atoms with Crippen LogP contribution in [0.4, 0.5) is 5.69 Å². The summed E-state index contributed by atoms with van der Waals surface area (Å²) in [6.45, 7) is 3.89. The van der Waals surface area contributed by atoms with Crippen LogP contribution in [0.5, 0.6) is 5.75 Å². The summed E-state index contributed by atoms with van der Waals surface area (Å²) in [6.07, 6.45) is 2.84. The van der Waals surface area contributed by atoms with Gasteiger partial charge >= 0.3 is 5.97 Å². The monoisotopic (exact) mass is 651 g/mol. The molecule has 1 aliphatic heterocycles. The van der Waals surface area contributed by atoms with E-state index in [1.165, 1.54) is 35.1 Å². The minimum atomic E-state index is -0.839. The second-order valence-electron chi connectivity index (χ2n) is 9.31. The molecule has 12 heteroatoms. The molecule has 0 aliphatic carbocycles. The number of benzene rings is 2. The zero-order valence-electron chi connectivity index (χ0n) is 23.0. The fraction of sp³-hybridized carbons (Fsp3) is 0.233. The Hall–Kier alpha value is -4.29. The molecule has 0 radical (unpaired) electrons. The maximum Gasteiger partial charge on any atom is 0.338 e. The number of non-ortho nitro benzene ring substituents is 1. The molecule has 4 aromatic rings. The molecule has 10 nitrogen and oxygen atoms in total. The van der Waals surface area contributed by atoms with Crippen molar-refractivity contribution in [3.8, 4) is 17.1 Å². The molecule has 2 aromatic heterocycles. The highest BCUT2D eigenvalue weighted by atomic mass is 79.9. The van der Waals surface area contributed by atoms with E-state index in [2.05, 4.69) is 15.9 Å². The van der Waals surface area contributed by atoms with Gasteiger partial charge in [0.15, 0.2) is 4.80 Å². The Balaban J connectivity index is 1.69. The lowest BCUT2D eigenvalue weighted by Gasteiger charge is -2.27. The number of carbonyl (C=O) groups is 1. The average Bonchev–Trinajstić information content (AvgIpc) is 3.57. The number of nitrogens with zero attached hydrogens (tertiary/aromatic N) is 3. The number of thiazole rings is 1. The fourth-order valence-electron chi connectivity index (χ4n) is 4.82. The number of methoxy groups -OCH3 is 1. The molecule has 1 atom stereocenters. The Labute approximate surface area is 252 Å². The van der Waals surface area contributed by atoms with Gasteiger partial charge in [-0.05, 0) is 43.7 Å². The first kappa shape index (κ1) is 29.2. The molecule has 0 unspecified atom stereocenters. The van der Waals surface area contributed by atoms with Crippen LogP contribution in [0.3, 0.4) is 0 Å². The summed E-state index contributed by atoms with van der Waals surface area (Å²) >= 11 is 4.70. The van der Waals surface area contributed by atoms with E-state index in [0.29, 0.717) is 55.4 Å². The summed E-state index contributed by atoms with van der Waals surface area (Å²) in [5, 5.41) is 11.2. The van der Waals surface area contributed by atoms with Gasteiger partial charge < -0.3 is 13.9 Å². The van der Waals surface area contributed by atoms with Crippen molar-refractivity contribution in [2.75, 3.05) is 13.7 Å². The van der Waals surface area contributed by atoms with E-state index in [0.717, 1.165) is 10.9 Å². The number of esters is 1. The van der Waals surface area contributed by atoms with E-state index < -0.39 is 16.9 Å². The van der Waals surface area contributed by atoms with Gasteiger partial charge in [0.1, 0.15) is 23.3 Å². The minimum absolute atomic E-state index is 0.0537. The highest BCUT2D eigenvalue weighted by Gasteiger charge is 2.36. The van der Waals surface area contributed by atoms with Crippen molar-refractivity contribution in [2.24, 2.45) is 4.99 Å². The molecule has 1 aliphatic rings. The number of ether oxygens (including phenoxy) is 2. The van der Waals surface area contributed by atoms with Gasteiger partial charge in [-0.3, -0.25) is 19.5 Å². The second kappa shape index (κ2) is 12.3. The maximum absolute atomic E-state index is 14.0. The number of furan rings is 1. The first-order valence-electron chi connectivity index (χ1n) is 13.2. The normalized spacial score (nSPS) is 14.9. The molecule has 0 saturated carbocycles. The predicted octanol–water partition coefficient (Wildman–Crippen LogP) is 5.52. The number of rotatable bonds is 9. The molecular weight excluding hydrogens is 626 g/mol. The summed E-state index contributed by atoms with van der Waals surface area (Å²) in [6, 6.07) is 14.1. The van der Waals surface area contributed by atoms with Gasteiger partial charge in [-0.2, -0.15) is 0 Å². The van der Waals surface area contributed by atoms with Gasteiger partial charge in [-0.15, -0.1) is 0 Å². The summed E-state index contributed by atoms with van der Waals surface area (Å²) in [5.74, 6) is 0.768. The number of carbonyl (C=O) groups excluding carboxylic acids is 1. The van der Waals surface area contributed by atoms with Crippen LogP contribution in [-0.4, -0.2) is 29.2 Å². The number of fused-ring (bicyclic) bond motifs is 1. The fourth-order valence-corrected chi connectivity index (χ4v) is 6.20. The maximum atomic E-state index is 14.0. The zero-order valence-corrected chi connectivity index (χ0v) is 25.4. The highest BCUT2D eigenvalue weighted by Crippen LogP contribution is 2.38. The van der Waals surface area contributed by atoms with Crippen LogP contribution < -0.4 is 19.6 Å². The van der Waals surface area contributed by atoms with Gasteiger partial charge in [-0.25, -0.2) is 9.79 Å². The number of allylic oxidation sites excluding steroid dienone is 1. The number of halogens is 1. The smallest absolute Gasteiger partial charge is 0.338 e. The highest BCUT2D eigenvalue weighted by molar-refractivity contribution is 9.10. The molecule has 0 spiro atoms. The Bertz CT molecular complexity index is 1900. The Morgan fingerprint density at radius 3 is 2.74 bits per heavy atom. The largest absolute Gasteiger partial charge is 0.496 e. The predicted molar refractivity (Wildman–Crippen MR) is 161 cm³/mol. The number of nitro groups is 1. The molecule has 0 saturated heterocycles. The van der Waals surface area contributed by atoms with Crippen LogP contribution in [-0.2, 0) is 9.53 Å². The second-order valence-corrected chi connectivity index (χ2v) is 11.2. The molecule has 0 amide bonds. The van der Waals surface area contributed by atoms with Crippen LogP contribution in [0.2, 0.25) is 0 Å². The van der Waals surface area contributed by atoms with Crippen LogP contribution in [0.1, 0.15) is 44.1 Å². The molecule has 0 N–H and O–H groups in total. The molecule has 2 aromatic carbocycles. The van der Waals surface area contributed by atoms with Crippen LogP contribution >= 0.6 is 27.3 Å². The summed E-state index contributed by atoms with van der Waals surface area (Å²) < 4.78 is 19.7. The van der Waals surface area contributed by atoms with Gasteiger partial charge in [-0.1, -0.05) is 52.7 Å². The van der Waals surface area contributed by atoms with E-state index in [9.17, 15) is 19.7 Å². The Morgan fingerprint density at radius 2 is 2.02 bits per heavy atom. The molecule has 42 heavy (non-hydrogen) atoms. The molecule has 0 bridgehead atoms. The number of hydrogen-bond donors (Lipinski definition) is 0. The lowest BCUT2D eigenvalue weighted by Crippen LogP contribution is -2.40. The average molecular weight is 653 g/mol. The summed E-state index contributed by atoms with van der Waals surface area (Å²) in [7, 11) is 1.53. The third-order valence-electron chi connectivity index (χ3n) is 6.62. The van der Waals surface area contributed by atoms with E-state index in [1.54, 1.807) is 43.3 Å². The van der Waals surface area contributed by atoms with Crippen molar-refractivity contribution in [1.82, 2.24) is 4.57 Å². The zero-order chi connectivity index (χ0) is 30.0. The van der Waals surface area contributed by atoms with Crippen molar-refractivity contribution in [3.63, 3.8) is 0 Å². The van der Waals surface area contributed by atoms with Crippen molar-refractivity contribution < 1.29 is 23.6 Å². The Morgan fingerprint density at radius 1 is 1.21 bits per heavy atom. The molecular formula is C30H26BrN3O7S. The van der Waals surface area contributed by atoms with Crippen molar-refractivity contribution in [1.29, 1.82) is 0 Å². The van der Waals surface area contributed by atoms with Crippen LogP contribution in [0.15, 0.2) is 84.5 Å². The minimum Gasteiger partial charge on any atom is -0.496 e. The summed E-state index contributed by atoms with van der Waals surface area (Å²) in [5.41, 5.74) is 1.58. The van der Waals surface area contributed by atoms with Gasteiger partial charge in [0.2, 0.25) is 0 Å². The number of hydrogen-bond acceptors (Lipinski definition) is 9.